The molecule has 0 saturated heterocycles. The van der Waals surface area contributed by atoms with Gasteiger partial charge in [0.05, 0.1) is 17.7 Å². The topological polar surface area (TPSA) is 112 Å². The van der Waals surface area contributed by atoms with Gasteiger partial charge in [-0.05, 0) is 32.5 Å². The van der Waals surface area contributed by atoms with Gasteiger partial charge in [0.1, 0.15) is 12.7 Å². The van der Waals surface area contributed by atoms with E-state index < -0.39 is 7.14 Å². The molecule has 31 heavy (non-hydrogen) atoms. The number of benzene rings is 1. The van der Waals surface area contributed by atoms with Crippen LogP contribution in [0.25, 0.3) is 11.2 Å². The van der Waals surface area contributed by atoms with Crippen LogP contribution in [0.4, 0.5) is 22.6 Å². The Bertz CT molecular complexity index is 1310. The van der Waals surface area contributed by atoms with Crippen molar-refractivity contribution in [3.8, 4) is 0 Å². The summed E-state index contributed by atoms with van der Waals surface area (Å²) >= 11 is 1.63. The highest BCUT2D eigenvalue weighted by Gasteiger charge is 2.20. The van der Waals surface area contributed by atoms with Crippen LogP contribution in [0.2, 0.25) is 0 Å². The number of aromatic amines is 1. The Morgan fingerprint density at radius 1 is 1.16 bits per heavy atom. The number of hydrogen-bond acceptors (Lipinski definition) is 9. The molecule has 0 bridgehead atoms. The Labute approximate surface area is 183 Å². The van der Waals surface area contributed by atoms with Crippen LogP contribution < -0.4 is 15.9 Å². The van der Waals surface area contributed by atoms with E-state index in [1.165, 1.54) is 4.88 Å². The van der Waals surface area contributed by atoms with Crippen LogP contribution in [-0.2, 0) is 17.5 Å². The van der Waals surface area contributed by atoms with Crippen LogP contribution in [0.5, 0.6) is 0 Å². The van der Waals surface area contributed by atoms with E-state index in [1.807, 2.05) is 24.3 Å². The zero-order valence-corrected chi connectivity index (χ0v) is 19.2. The number of anilines is 4. The van der Waals surface area contributed by atoms with E-state index in [0.717, 1.165) is 41.3 Å². The third kappa shape index (κ3) is 4.06. The van der Waals surface area contributed by atoms with Crippen molar-refractivity contribution in [2.75, 3.05) is 37.6 Å². The zero-order chi connectivity index (χ0) is 21.6. The lowest BCUT2D eigenvalue weighted by atomic mass is 10.2. The summed E-state index contributed by atoms with van der Waals surface area (Å²) in [6, 6.07) is 7.58. The molecule has 3 N–H and O–H groups in total. The Morgan fingerprint density at radius 2 is 2.00 bits per heavy atom. The van der Waals surface area contributed by atoms with Gasteiger partial charge in [0, 0.05) is 29.7 Å². The van der Waals surface area contributed by atoms with Crippen LogP contribution in [0.15, 0.2) is 30.6 Å². The fourth-order valence-corrected chi connectivity index (χ4v) is 5.87. The molecule has 160 valence electrons. The van der Waals surface area contributed by atoms with Crippen LogP contribution in [0.3, 0.4) is 0 Å². The van der Waals surface area contributed by atoms with Crippen LogP contribution >= 0.6 is 18.5 Å². The lowest BCUT2D eigenvalue weighted by Crippen LogP contribution is -2.25. The van der Waals surface area contributed by atoms with Gasteiger partial charge in [-0.1, -0.05) is 12.1 Å². The second kappa shape index (κ2) is 7.71. The van der Waals surface area contributed by atoms with Crippen molar-refractivity contribution in [2.45, 2.75) is 13.0 Å². The van der Waals surface area contributed by atoms with Gasteiger partial charge < -0.3 is 19.8 Å². The van der Waals surface area contributed by atoms with E-state index in [0.29, 0.717) is 22.9 Å². The number of fused-ring (bicyclic) bond motifs is 2. The lowest BCUT2D eigenvalue weighted by molar-refractivity contribution is 0.314. The molecule has 11 heteroatoms. The Kier molecular flexibility index (Phi) is 5.00. The molecule has 4 heterocycles. The molecular weight excluding hydrogens is 431 g/mol. The summed E-state index contributed by atoms with van der Waals surface area (Å²) in [5.74, 6) is 0.974. The molecule has 1 aliphatic heterocycles. The van der Waals surface area contributed by atoms with Crippen molar-refractivity contribution >= 4 is 57.5 Å². The number of para-hydroxylation sites is 1. The summed E-state index contributed by atoms with van der Waals surface area (Å²) in [5, 5.41) is 8.12. The predicted molar refractivity (Wildman–Crippen MR) is 126 cm³/mol. The Balaban J connectivity index is 1.50. The van der Waals surface area contributed by atoms with Crippen LogP contribution in [0, 0.1) is 0 Å². The van der Waals surface area contributed by atoms with Gasteiger partial charge in [0.25, 0.3) is 0 Å². The van der Waals surface area contributed by atoms with E-state index in [1.54, 1.807) is 31.0 Å². The van der Waals surface area contributed by atoms with Crippen molar-refractivity contribution < 1.29 is 4.57 Å². The molecule has 0 amide bonds. The van der Waals surface area contributed by atoms with E-state index in [2.05, 4.69) is 42.5 Å². The van der Waals surface area contributed by atoms with E-state index >= 15 is 0 Å². The number of rotatable bonds is 5. The van der Waals surface area contributed by atoms with Crippen molar-refractivity contribution in [1.82, 2.24) is 29.8 Å². The summed E-state index contributed by atoms with van der Waals surface area (Å²) in [6.45, 7) is 5.44. The number of imidazole rings is 1. The third-order valence-electron chi connectivity index (χ3n) is 5.16. The minimum Gasteiger partial charge on any atom is -0.340 e. The minimum absolute atomic E-state index is 0.412. The first-order valence-electron chi connectivity index (χ1n) is 9.94. The maximum absolute atomic E-state index is 12.8. The molecule has 0 saturated carbocycles. The molecule has 0 spiro atoms. The van der Waals surface area contributed by atoms with E-state index in [-0.39, 0.29) is 0 Å². The molecule has 0 fully saturated rings. The van der Waals surface area contributed by atoms with Crippen molar-refractivity contribution in [3.05, 3.63) is 41.2 Å². The highest BCUT2D eigenvalue weighted by molar-refractivity contribution is 7.70. The third-order valence-corrected chi connectivity index (χ3v) is 7.71. The number of nitrogens with one attached hydrogen (secondary N) is 3. The first kappa shape index (κ1) is 20.1. The molecule has 0 radical (unpaired) electrons. The van der Waals surface area contributed by atoms with Crippen molar-refractivity contribution in [2.24, 2.45) is 0 Å². The Morgan fingerprint density at radius 3 is 2.84 bits per heavy atom. The number of thiazole rings is 1. The normalized spacial score (nSPS) is 14.5. The van der Waals surface area contributed by atoms with E-state index in [4.69, 9.17) is 4.98 Å². The molecule has 0 unspecified atom stereocenters. The summed E-state index contributed by atoms with van der Waals surface area (Å²) < 4.78 is 12.8. The SMILES string of the molecule is CN1CCc2nc(Nc3nc(Nc4ccccc4P(C)(C)=O)c4[nH]cnc4n3)sc2C1. The predicted octanol–water partition coefficient (Wildman–Crippen LogP) is 3.53. The van der Waals surface area contributed by atoms with Gasteiger partial charge in [-0.3, -0.25) is 5.32 Å². The average Bonchev–Trinajstić information content (AvgIpc) is 3.33. The monoisotopic (exact) mass is 454 g/mol. The maximum Gasteiger partial charge on any atom is 0.233 e. The number of H-pyrrole nitrogens is 1. The summed E-state index contributed by atoms with van der Waals surface area (Å²) in [5.41, 5.74) is 3.11. The van der Waals surface area contributed by atoms with Crippen molar-refractivity contribution in [1.29, 1.82) is 0 Å². The van der Waals surface area contributed by atoms with Gasteiger partial charge >= 0.3 is 0 Å². The number of likely N-dealkylation sites (N-methyl/N-ethyl adjacent to an activating group) is 1. The molecule has 0 atom stereocenters. The standard InChI is InChI=1S/C20H23N8OPS/c1-28-9-8-13-15(10-28)31-20(24-13)27-19-25-17-16(21-11-22-17)18(26-19)23-12-6-4-5-7-14(12)30(2,3)29/h4-7,11H,8-10H2,1-3H3,(H3,21,22,23,24,25,26,27). The van der Waals surface area contributed by atoms with Crippen LogP contribution in [-0.4, -0.2) is 56.7 Å². The van der Waals surface area contributed by atoms with Gasteiger partial charge in [-0.25, -0.2) is 9.97 Å². The first-order chi connectivity index (χ1) is 14.9. The lowest BCUT2D eigenvalue weighted by Gasteiger charge is -2.20. The molecule has 1 aliphatic rings. The zero-order valence-electron chi connectivity index (χ0n) is 17.5. The molecule has 1 aromatic carbocycles. The quantitative estimate of drug-likeness (QED) is 0.393. The second-order valence-corrected chi connectivity index (χ2v) is 12.3. The second-order valence-electron chi connectivity index (χ2n) is 7.99. The van der Waals surface area contributed by atoms with Gasteiger partial charge in [0.2, 0.25) is 5.95 Å². The summed E-state index contributed by atoms with van der Waals surface area (Å²) in [4.78, 5) is 24.9. The Hall–Kier alpha value is -2.81. The van der Waals surface area contributed by atoms with Crippen molar-refractivity contribution in [3.63, 3.8) is 0 Å². The van der Waals surface area contributed by atoms with Gasteiger partial charge in [-0.15, -0.1) is 11.3 Å². The number of aromatic nitrogens is 5. The first-order valence-corrected chi connectivity index (χ1v) is 13.4. The number of hydrogen-bond donors (Lipinski definition) is 3. The largest absolute Gasteiger partial charge is 0.340 e. The molecule has 4 aromatic rings. The van der Waals surface area contributed by atoms with Gasteiger partial charge in [-0.2, -0.15) is 9.97 Å². The van der Waals surface area contributed by atoms with E-state index in [9.17, 15) is 4.57 Å². The fraction of sp³-hybridized carbons (Fsp3) is 0.300. The maximum atomic E-state index is 12.8. The molecule has 0 aliphatic carbocycles. The highest BCUT2D eigenvalue weighted by atomic mass is 32.1. The summed E-state index contributed by atoms with van der Waals surface area (Å²) in [7, 11) is -0.357. The highest BCUT2D eigenvalue weighted by Crippen LogP contribution is 2.38. The molecule has 3 aromatic heterocycles. The minimum atomic E-state index is -2.47. The van der Waals surface area contributed by atoms with Gasteiger partial charge in [0.15, 0.2) is 16.6 Å². The molecular formula is C20H23N8OPS. The number of nitrogens with zero attached hydrogens (tertiary/aromatic N) is 5. The fourth-order valence-electron chi connectivity index (χ4n) is 3.63. The van der Waals surface area contributed by atoms with Crippen LogP contribution in [0.1, 0.15) is 10.6 Å². The summed E-state index contributed by atoms with van der Waals surface area (Å²) in [6.07, 6.45) is 2.53. The molecule has 9 nitrogen and oxygen atoms in total. The smallest absolute Gasteiger partial charge is 0.233 e. The molecule has 5 rings (SSSR count). The average molecular weight is 455 g/mol.